The summed E-state index contributed by atoms with van der Waals surface area (Å²) in [4.78, 5) is 8.71. The first-order chi connectivity index (χ1) is 9.55. The number of halogens is 2. The third kappa shape index (κ3) is 3.05. The summed E-state index contributed by atoms with van der Waals surface area (Å²) in [6.45, 7) is 3.82. The molecule has 0 spiro atoms. The minimum Gasteiger partial charge on any atom is -0.340 e. The molecule has 1 aromatic heterocycles. The van der Waals surface area contributed by atoms with Crippen LogP contribution in [0.3, 0.4) is 0 Å². The third-order valence-electron chi connectivity index (χ3n) is 2.83. The molecule has 5 nitrogen and oxygen atoms in total. The summed E-state index contributed by atoms with van der Waals surface area (Å²) >= 11 is 3.15. The lowest BCUT2D eigenvalue weighted by Crippen LogP contribution is -2.13. The number of nitrogens with two attached hydrogens (primary N) is 1. The van der Waals surface area contributed by atoms with E-state index in [1.54, 1.807) is 12.1 Å². The van der Waals surface area contributed by atoms with Gasteiger partial charge in [0, 0.05) is 17.7 Å². The zero-order chi connectivity index (χ0) is 14.7. The molecule has 0 amide bonds. The highest BCUT2D eigenvalue weighted by Gasteiger charge is 2.10. The van der Waals surface area contributed by atoms with Crippen molar-refractivity contribution < 1.29 is 4.39 Å². The van der Waals surface area contributed by atoms with Crippen LogP contribution in [0.25, 0.3) is 0 Å². The number of nitrogens with one attached hydrogen (secondary N) is 2. The number of nitrogen functional groups attached to an aromatic ring is 1. The van der Waals surface area contributed by atoms with Crippen molar-refractivity contribution in [3.05, 3.63) is 39.9 Å². The Morgan fingerprint density at radius 3 is 2.60 bits per heavy atom. The SMILES string of the molecule is CCc1nc(NN)c(C)c(Nc2ccc(F)c(Br)c2)n1. The van der Waals surface area contributed by atoms with Gasteiger partial charge in [0.25, 0.3) is 0 Å². The lowest BCUT2D eigenvalue weighted by molar-refractivity contribution is 0.621. The molecule has 0 unspecified atom stereocenters. The molecule has 20 heavy (non-hydrogen) atoms. The quantitative estimate of drug-likeness (QED) is 0.588. The molecule has 0 saturated heterocycles. The number of hydrogen-bond donors (Lipinski definition) is 3. The van der Waals surface area contributed by atoms with E-state index in [0.29, 0.717) is 28.4 Å². The monoisotopic (exact) mass is 339 g/mol. The Bertz CT molecular complexity index is 632. The molecular formula is C13H15BrFN5. The second kappa shape index (κ2) is 6.15. The van der Waals surface area contributed by atoms with Crippen LogP contribution in [0.4, 0.5) is 21.7 Å². The molecular weight excluding hydrogens is 325 g/mol. The van der Waals surface area contributed by atoms with Crippen molar-refractivity contribution in [3.8, 4) is 0 Å². The first-order valence-corrected chi connectivity index (χ1v) is 6.90. The summed E-state index contributed by atoms with van der Waals surface area (Å²) in [6.07, 6.45) is 0.691. The van der Waals surface area contributed by atoms with Crippen molar-refractivity contribution in [2.24, 2.45) is 5.84 Å². The standard InChI is InChI=1S/C13H15BrFN5/c1-3-11-18-12(7(2)13(19-11)20-16)17-8-4-5-10(15)9(14)6-8/h4-6H,3,16H2,1-2H3,(H2,17,18,19,20). The van der Waals surface area contributed by atoms with Gasteiger partial charge in [-0.25, -0.2) is 20.2 Å². The van der Waals surface area contributed by atoms with Crippen LogP contribution >= 0.6 is 15.9 Å². The number of anilines is 3. The summed E-state index contributed by atoms with van der Waals surface area (Å²) in [6, 6.07) is 4.67. The minimum absolute atomic E-state index is 0.312. The fourth-order valence-electron chi connectivity index (χ4n) is 1.69. The van der Waals surface area contributed by atoms with Crippen molar-refractivity contribution in [1.29, 1.82) is 0 Å². The number of hydrogen-bond acceptors (Lipinski definition) is 5. The number of hydrazine groups is 1. The van der Waals surface area contributed by atoms with Gasteiger partial charge in [0.05, 0.1) is 4.47 Å². The molecule has 7 heteroatoms. The summed E-state index contributed by atoms with van der Waals surface area (Å²) < 4.78 is 13.6. The summed E-state index contributed by atoms with van der Waals surface area (Å²) in [5, 5.41) is 3.15. The van der Waals surface area contributed by atoms with E-state index < -0.39 is 0 Å². The van der Waals surface area contributed by atoms with E-state index >= 15 is 0 Å². The van der Waals surface area contributed by atoms with Crippen LogP contribution in [-0.2, 0) is 6.42 Å². The Hall–Kier alpha value is -1.73. The molecule has 4 N–H and O–H groups in total. The second-order valence-corrected chi connectivity index (χ2v) is 5.07. The van der Waals surface area contributed by atoms with Gasteiger partial charge in [0.1, 0.15) is 23.3 Å². The lowest BCUT2D eigenvalue weighted by Gasteiger charge is -2.13. The highest BCUT2D eigenvalue weighted by Crippen LogP contribution is 2.26. The van der Waals surface area contributed by atoms with E-state index in [2.05, 4.69) is 36.6 Å². The minimum atomic E-state index is -0.312. The Morgan fingerprint density at radius 1 is 1.30 bits per heavy atom. The van der Waals surface area contributed by atoms with E-state index in [1.807, 2.05) is 13.8 Å². The maximum Gasteiger partial charge on any atom is 0.148 e. The van der Waals surface area contributed by atoms with Gasteiger partial charge in [0.2, 0.25) is 0 Å². The number of benzene rings is 1. The third-order valence-corrected chi connectivity index (χ3v) is 3.44. The Balaban J connectivity index is 2.39. The van der Waals surface area contributed by atoms with Gasteiger partial charge in [-0.15, -0.1) is 0 Å². The van der Waals surface area contributed by atoms with Gasteiger partial charge in [-0.05, 0) is 41.1 Å². The van der Waals surface area contributed by atoms with Crippen LogP contribution in [0, 0.1) is 12.7 Å². The zero-order valence-electron chi connectivity index (χ0n) is 11.2. The molecule has 2 aromatic rings. The van der Waals surface area contributed by atoms with E-state index in [-0.39, 0.29) is 5.82 Å². The molecule has 1 heterocycles. The normalized spacial score (nSPS) is 10.4. The van der Waals surface area contributed by atoms with Gasteiger partial charge >= 0.3 is 0 Å². The smallest absolute Gasteiger partial charge is 0.148 e. The van der Waals surface area contributed by atoms with Gasteiger partial charge in [-0.1, -0.05) is 6.92 Å². The molecule has 0 saturated carbocycles. The molecule has 0 aliphatic rings. The molecule has 0 fully saturated rings. The average Bonchev–Trinajstić information content (AvgIpc) is 2.45. The Labute approximate surface area is 124 Å². The molecule has 0 radical (unpaired) electrons. The summed E-state index contributed by atoms with van der Waals surface area (Å²) in [7, 11) is 0. The predicted octanol–water partition coefficient (Wildman–Crippen LogP) is 3.28. The number of rotatable bonds is 4. The van der Waals surface area contributed by atoms with Gasteiger partial charge in [0.15, 0.2) is 0 Å². The lowest BCUT2D eigenvalue weighted by atomic mass is 10.2. The first kappa shape index (κ1) is 14.7. The molecule has 2 rings (SSSR count). The fourth-order valence-corrected chi connectivity index (χ4v) is 2.07. The number of aromatic nitrogens is 2. The van der Waals surface area contributed by atoms with Crippen LogP contribution in [0.1, 0.15) is 18.3 Å². The topological polar surface area (TPSA) is 75.9 Å². The Morgan fingerprint density at radius 2 is 2.00 bits per heavy atom. The fraction of sp³-hybridized carbons (Fsp3) is 0.231. The predicted molar refractivity (Wildman–Crippen MR) is 81.3 cm³/mol. The molecule has 0 aliphatic heterocycles. The summed E-state index contributed by atoms with van der Waals surface area (Å²) in [5.74, 6) is 7.03. The van der Waals surface area contributed by atoms with Crippen LogP contribution in [0.15, 0.2) is 22.7 Å². The van der Waals surface area contributed by atoms with E-state index in [4.69, 9.17) is 5.84 Å². The maximum absolute atomic E-state index is 13.2. The van der Waals surface area contributed by atoms with Crippen molar-refractivity contribution in [2.75, 3.05) is 10.7 Å². The molecule has 0 aliphatic carbocycles. The van der Waals surface area contributed by atoms with Crippen molar-refractivity contribution in [3.63, 3.8) is 0 Å². The van der Waals surface area contributed by atoms with Gasteiger partial charge in [-0.2, -0.15) is 0 Å². The van der Waals surface area contributed by atoms with Crippen molar-refractivity contribution >= 4 is 33.3 Å². The van der Waals surface area contributed by atoms with Crippen molar-refractivity contribution in [1.82, 2.24) is 9.97 Å². The van der Waals surface area contributed by atoms with E-state index in [1.165, 1.54) is 6.07 Å². The molecule has 0 atom stereocenters. The van der Waals surface area contributed by atoms with Gasteiger partial charge < -0.3 is 10.7 Å². The van der Waals surface area contributed by atoms with Crippen LogP contribution in [0.5, 0.6) is 0 Å². The van der Waals surface area contributed by atoms with E-state index in [9.17, 15) is 4.39 Å². The maximum atomic E-state index is 13.2. The highest BCUT2D eigenvalue weighted by atomic mass is 79.9. The molecule has 106 valence electrons. The van der Waals surface area contributed by atoms with Crippen molar-refractivity contribution in [2.45, 2.75) is 20.3 Å². The zero-order valence-corrected chi connectivity index (χ0v) is 12.8. The van der Waals surface area contributed by atoms with Crippen LogP contribution in [0.2, 0.25) is 0 Å². The number of aryl methyl sites for hydroxylation is 1. The van der Waals surface area contributed by atoms with Crippen LogP contribution < -0.4 is 16.6 Å². The Kier molecular flexibility index (Phi) is 4.51. The summed E-state index contributed by atoms with van der Waals surface area (Å²) in [5.41, 5.74) is 4.08. The largest absolute Gasteiger partial charge is 0.340 e. The molecule has 1 aromatic carbocycles. The van der Waals surface area contributed by atoms with Gasteiger partial charge in [-0.3, -0.25) is 0 Å². The molecule has 0 bridgehead atoms. The van der Waals surface area contributed by atoms with E-state index in [0.717, 1.165) is 11.3 Å². The number of nitrogens with zero attached hydrogens (tertiary/aromatic N) is 2. The second-order valence-electron chi connectivity index (χ2n) is 4.21. The first-order valence-electron chi connectivity index (χ1n) is 6.11. The average molecular weight is 340 g/mol. The van der Waals surface area contributed by atoms with Crippen LogP contribution in [-0.4, -0.2) is 9.97 Å². The highest BCUT2D eigenvalue weighted by molar-refractivity contribution is 9.10.